The van der Waals surface area contributed by atoms with Gasteiger partial charge in [0.15, 0.2) is 0 Å². The third kappa shape index (κ3) is 24.8. The van der Waals surface area contributed by atoms with Crippen molar-refractivity contribution in [1.82, 2.24) is 4.98 Å². The molecule has 0 aromatic carbocycles. The van der Waals surface area contributed by atoms with E-state index < -0.39 is 8.25 Å². The summed E-state index contributed by atoms with van der Waals surface area (Å²) >= 11 is 1.60. The van der Waals surface area contributed by atoms with Crippen LogP contribution in [0.4, 0.5) is 0 Å². The van der Waals surface area contributed by atoms with Crippen LogP contribution in [0.15, 0.2) is 17.1 Å². The van der Waals surface area contributed by atoms with Crippen molar-refractivity contribution in [2.75, 3.05) is 0 Å². The van der Waals surface area contributed by atoms with Crippen LogP contribution in [0.3, 0.4) is 0 Å². The van der Waals surface area contributed by atoms with E-state index in [0.717, 1.165) is 0 Å². The maximum Gasteiger partial charge on any atom is 2.00 e. The second kappa shape index (κ2) is 13.5. The topological polar surface area (TPSA) is 108 Å². The molecule has 0 aliphatic carbocycles. The van der Waals surface area contributed by atoms with E-state index >= 15 is 0 Å². The van der Waals surface area contributed by atoms with E-state index in [1.165, 1.54) is 0 Å². The quantitative estimate of drug-likeness (QED) is 0.385. The maximum absolute atomic E-state index is 8.48. The normalized spacial score (nSPS) is 6.00. The average molecular weight is 222 g/mol. The zero-order chi connectivity index (χ0) is 7.11. The van der Waals surface area contributed by atoms with Crippen molar-refractivity contribution in [3.63, 3.8) is 0 Å². The minimum atomic E-state index is -3.37. The van der Waals surface area contributed by atoms with Gasteiger partial charge in [-0.15, -0.1) is 11.3 Å². The van der Waals surface area contributed by atoms with E-state index in [1.54, 1.807) is 23.0 Å². The number of nitrogens with zero attached hydrogens (tertiary/aromatic N) is 1. The van der Waals surface area contributed by atoms with Crippen LogP contribution < -0.4 is 9.79 Å². The standard InChI is InChI=1S/C3H3NS.Ca.HO3P.H2O/c1-2-5-3-4-1;;1-4(2)3;/h1-3H;;(H,1,2,3);1H2/q;+2;;/p-1. The number of aromatic nitrogens is 1. The molecule has 2 N–H and O–H groups in total. The Balaban J connectivity index is -0.000000101. The van der Waals surface area contributed by atoms with E-state index in [4.69, 9.17) is 14.4 Å². The summed E-state index contributed by atoms with van der Waals surface area (Å²) in [7, 11) is -3.37. The second-order valence-corrected chi connectivity index (χ2v) is 2.10. The summed E-state index contributed by atoms with van der Waals surface area (Å²) in [5, 5.41) is 1.93. The SMILES string of the molecule is O.O=[P+]([O-])[O-].[Ca+2].c1cscn1. The van der Waals surface area contributed by atoms with E-state index in [0.29, 0.717) is 0 Å². The Morgan fingerprint density at radius 2 is 1.91 bits per heavy atom. The largest absolute Gasteiger partial charge is 2.00 e. The van der Waals surface area contributed by atoms with Gasteiger partial charge in [-0.05, 0) is 0 Å². The van der Waals surface area contributed by atoms with Crippen molar-refractivity contribution in [3.05, 3.63) is 17.1 Å². The van der Waals surface area contributed by atoms with Gasteiger partial charge in [-0.1, -0.05) is 4.57 Å². The molecule has 0 bridgehead atoms. The minimum Gasteiger partial charge on any atom is -0.598 e. The minimum absolute atomic E-state index is 0. The molecule has 58 valence electrons. The van der Waals surface area contributed by atoms with Gasteiger partial charge in [0, 0.05) is 11.6 Å². The van der Waals surface area contributed by atoms with Gasteiger partial charge in [-0.3, -0.25) is 4.98 Å². The van der Waals surface area contributed by atoms with Crippen LogP contribution in [0.1, 0.15) is 0 Å². The number of hydrogen-bond acceptors (Lipinski definition) is 5. The van der Waals surface area contributed by atoms with Crippen molar-refractivity contribution in [2.24, 2.45) is 0 Å². The van der Waals surface area contributed by atoms with Crippen molar-refractivity contribution < 1.29 is 19.8 Å². The molecular formula is C3H5CaNO4PS+. The molecule has 0 radical (unpaired) electrons. The first-order valence-corrected chi connectivity index (χ1v) is 3.91. The Bertz CT molecular complexity index is 139. The molecule has 0 atom stereocenters. The van der Waals surface area contributed by atoms with Crippen LogP contribution in [0.25, 0.3) is 0 Å². The molecule has 0 unspecified atom stereocenters. The Labute approximate surface area is 98.4 Å². The van der Waals surface area contributed by atoms with E-state index in [9.17, 15) is 0 Å². The zero-order valence-electron chi connectivity index (χ0n) is 5.47. The molecule has 1 aromatic heterocycles. The Kier molecular flexibility index (Phi) is 21.8. The van der Waals surface area contributed by atoms with Gasteiger partial charge in [-0.25, -0.2) is 0 Å². The van der Waals surface area contributed by atoms with E-state index in [-0.39, 0.29) is 43.2 Å². The Morgan fingerprint density at radius 3 is 2.00 bits per heavy atom. The van der Waals surface area contributed by atoms with Crippen LogP contribution in [-0.2, 0) is 4.57 Å². The fourth-order valence-electron chi connectivity index (χ4n) is 0.176. The summed E-state index contributed by atoms with van der Waals surface area (Å²) in [6.45, 7) is 0. The van der Waals surface area contributed by atoms with Crippen LogP contribution in [0, 0.1) is 0 Å². The molecule has 11 heavy (non-hydrogen) atoms. The molecule has 0 saturated heterocycles. The molecule has 1 rings (SSSR count). The summed E-state index contributed by atoms with van der Waals surface area (Å²) in [4.78, 5) is 20.7. The van der Waals surface area contributed by atoms with Crippen LogP contribution in [0.5, 0.6) is 0 Å². The van der Waals surface area contributed by atoms with Gasteiger partial charge < -0.3 is 15.3 Å². The van der Waals surface area contributed by atoms with Gasteiger partial charge in [0.2, 0.25) is 0 Å². The monoisotopic (exact) mass is 222 g/mol. The van der Waals surface area contributed by atoms with Crippen molar-refractivity contribution in [1.29, 1.82) is 0 Å². The van der Waals surface area contributed by atoms with Gasteiger partial charge in [0.1, 0.15) is 0 Å². The van der Waals surface area contributed by atoms with Crippen molar-refractivity contribution >= 4 is 57.3 Å². The predicted octanol–water partition coefficient (Wildman–Crippen LogP) is -1.70. The summed E-state index contributed by atoms with van der Waals surface area (Å²) in [6.07, 6.45) is 1.77. The molecule has 0 fully saturated rings. The Hall–Kier alpha value is 0.870. The molecule has 1 heterocycles. The van der Waals surface area contributed by atoms with Crippen molar-refractivity contribution in [3.8, 4) is 0 Å². The number of hydrogen-bond donors (Lipinski definition) is 0. The van der Waals surface area contributed by atoms with Gasteiger partial charge >= 0.3 is 37.7 Å². The van der Waals surface area contributed by atoms with Gasteiger partial charge in [0.05, 0.1) is 5.51 Å². The molecule has 0 saturated carbocycles. The number of thiazole rings is 1. The summed E-state index contributed by atoms with van der Waals surface area (Å²) in [5.74, 6) is 0. The summed E-state index contributed by atoms with van der Waals surface area (Å²) in [6, 6.07) is 0. The maximum atomic E-state index is 8.48. The Morgan fingerprint density at radius 1 is 1.45 bits per heavy atom. The number of rotatable bonds is 0. The van der Waals surface area contributed by atoms with E-state index in [1.807, 2.05) is 5.38 Å². The fourth-order valence-corrected chi connectivity index (χ4v) is 0.527. The smallest absolute Gasteiger partial charge is 0.598 e. The molecule has 1 aromatic rings. The van der Waals surface area contributed by atoms with Gasteiger partial charge in [-0.2, -0.15) is 0 Å². The molecule has 0 aliphatic rings. The van der Waals surface area contributed by atoms with Crippen LogP contribution in [0.2, 0.25) is 0 Å². The zero-order valence-corrected chi connectivity index (χ0v) is 9.39. The third-order valence-corrected chi connectivity index (χ3v) is 0.869. The summed E-state index contributed by atoms with van der Waals surface area (Å²) < 4.78 is 8.48. The molecule has 0 aliphatic heterocycles. The first-order chi connectivity index (χ1) is 4.23. The van der Waals surface area contributed by atoms with Crippen LogP contribution in [-0.4, -0.2) is 48.2 Å². The third-order valence-electron chi connectivity index (χ3n) is 0.347. The second-order valence-electron chi connectivity index (χ2n) is 0.899. The molecule has 0 amide bonds. The first-order valence-electron chi connectivity index (χ1n) is 1.87. The van der Waals surface area contributed by atoms with Gasteiger partial charge in [0.25, 0.3) is 8.25 Å². The van der Waals surface area contributed by atoms with Crippen LogP contribution >= 0.6 is 19.6 Å². The molecular weight excluding hydrogens is 217 g/mol. The van der Waals surface area contributed by atoms with E-state index in [2.05, 4.69) is 4.98 Å². The molecule has 8 heteroatoms. The average Bonchev–Trinajstić information content (AvgIpc) is 2.11. The molecule has 5 nitrogen and oxygen atoms in total. The van der Waals surface area contributed by atoms with Crippen molar-refractivity contribution in [2.45, 2.75) is 0 Å². The summed E-state index contributed by atoms with van der Waals surface area (Å²) in [5.41, 5.74) is 1.79. The fraction of sp³-hybridized carbons (Fsp3) is 0. The molecule has 0 spiro atoms. The predicted molar refractivity (Wildman–Crippen MR) is 39.1 cm³/mol. The first kappa shape index (κ1) is 17.8.